The number of oxazole rings is 1. The number of H-pyrrole nitrogens is 1. The molecule has 0 bridgehead atoms. The van der Waals surface area contributed by atoms with Crippen molar-refractivity contribution in [2.45, 2.75) is 30.7 Å². The van der Waals surface area contributed by atoms with E-state index in [1.807, 2.05) is 0 Å². The van der Waals surface area contributed by atoms with E-state index in [1.165, 1.54) is 39.5 Å². The third-order valence-corrected chi connectivity index (χ3v) is 7.72. The van der Waals surface area contributed by atoms with E-state index in [-0.39, 0.29) is 34.9 Å². The molecule has 1 saturated heterocycles. The van der Waals surface area contributed by atoms with Crippen molar-refractivity contribution in [1.82, 2.24) is 18.8 Å². The summed E-state index contributed by atoms with van der Waals surface area (Å²) in [7, 11) is -3.64. The van der Waals surface area contributed by atoms with Gasteiger partial charge in [-0.25, -0.2) is 18.2 Å². The third kappa shape index (κ3) is 4.01. The van der Waals surface area contributed by atoms with Crippen LogP contribution >= 0.6 is 0 Å². The van der Waals surface area contributed by atoms with Gasteiger partial charge in [-0.05, 0) is 43.2 Å². The Balaban J connectivity index is 1.32. The van der Waals surface area contributed by atoms with Crippen molar-refractivity contribution in [3.8, 4) is 0 Å². The normalized spacial score (nSPS) is 14.7. The fraction of sp³-hybridized carbons (Fsp3) is 0.273. The molecule has 1 fully saturated rings. The molecule has 0 aliphatic carbocycles. The number of aromatic nitrogens is 3. The number of fused-ring (bicyclic) bond motifs is 2. The summed E-state index contributed by atoms with van der Waals surface area (Å²) in [4.78, 5) is 43.4. The lowest BCUT2D eigenvalue weighted by Crippen LogP contribution is -2.27. The minimum absolute atomic E-state index is 0.0333. The van der Waals surface area contributed by atoms with E-state index >= 15 is 0 Å². The number of anilines is 1. The van der Waals surface area contributed by atoms with Crippen LogP contribution in [0.25, 0.3) is 22.0 Å². The maximum absolute atomic E-state index is 12.8. The molecular formula is C22H21N5O6S. The van der Waals surface area contributed by atoms with Crippen molar-refractivity contribution in [2.75, 3.05) is 18.4 Å². The van der Waals surface area contributed by atoms with E-state index in [0.29, 0.717) is 35.2 Å². The molecule has 11 nitrogen and oxygen atoms in total. The molecule has 1 amide bonds. The molecule has 0 saturated carbocycles. The smallest absolute Gasteiger partial charge is 0.408 e. The molecule has 1 aliphatic heterocycles. The molecule has 3 heterocycles. The van der Waals surface area contributed by atoms with Gasteiger partial charge >= 0.3 is 5.76 Å². The predicted octanol–water partition coefficient (Wildman–Crippen LogP) is 1.64. The van der Waals surface area contributed by atoms with Gasteiger partial charge in [-0.3, -0.25) is 14.2 Å². The van der Waals surface area contributed by atoms with Crippen LogP contribution < -0.4 is 16.6 Å². The maximum Gasteiger partial charge on any atom is 0.419 e. The Morgan fingerprint density at radius 1 is 1.12 bits per heavy atom. The number of rotatable bonds is 6. The van der Waals surface area contributed by atoms with E-state index in [1.54, 1.807) is 12.1 Å². The average molecular weight is 484 g/mol. The van der Waals surface area contributed by atoms with Crippen molar-refractivity contribution in [1.29, 1.82) is 0 Å². The van der Waals surface area contributed by atoms with Gasteiger partial charge in [-0.1, -0.05) is 0 Å². The van der Waals surface area contributed by atoms with E-state index in [0.717, 1.165) is 12.8 Å². The molecule has 0 unspecified atom stereocenters. The summed E-state index contributed by atoms with van der Waals surface area (Å²) in [6, 6.07) is 9.10. The molecule has 176 valence electrons. The van der Waals surface area contributed by atoms with Crippen LogP contribution in [0.15, 0.2) is 61.6 Å². The van der Waals surface area contributed by atoms with Crippen molar-refractivity contribution in [3.63, 3.8) is 0 Å². The number of sulfonamides is 1. The summed E-state index contributed by atoms with van der Waals surface area (Å²) < 4.78 is 33.5. The molecule has 0 spiro atoms. The molecular weight excluding hydrogens is 462 g/mol. The van der Waals surface area contributed by atoms with Crippen LogP contribution in [0.1, 0.15) is 19.3 Å². The third-order valence-electron chi connectivity index (χ3n) is 5.83. The van der Waals surface area contributed by atoms with Crippen LogP contribution in [0, 0.1) is 0 Å². The zero-order chi connectivity index (χ0) is 23.9. The first-order valence-electron chi connectivity index (χ1n) is 10.7. The summed E-state index contributed by atoms with van der Waals surface area (Å²) >= 11 is 0. The van der Waals surface area contributed by atoms with Gasteiger partial charge in [0.05, 0.1) is 27.6 Å². The zero-order valence-electron chi connectivity index (χ0n) is 18.0. The second kappa shape index (κ2) is 8.54. The largest absolute Gasteiger partial charge is 0.419 e. The lowest BCUT2D eigenvalue weighted by molar-refractivity contribution is -0.116. The van der Waals surface area contributed by atoms with Crippen LogP contribution in [0.3, 0.4) is 0 Å². The minimum atomic E-state index is -3.64. The molecule has 34 heavy (non-hydrogen) atoms. The van der Waals surface area contributed by atoms with Crippen molar-refractivity contribution < 1.29 is 17.6 Å². The lowest BCUT2D eigenvalue weighted by Gasteiger charge is -2.15. The number of hydrogen-bond acceptors (Lipinski definition) is 7. The van der Waals surface area contributed by atoms with Gasteiger partial charge in [0.1, 0.15) is 0 Å². The fourth-order valence-corrected chi connectivity index (χ4v) is 5.61. The molecule has 2 aromatic heterocycles. The van der Waals surface area contributed by atoms with E-state index in [2.05, 4.69) is 15.3 Å². The van der Waals surface area contributed by atoms with E-state index in [9.17, 15) is 22.8 Å². The second-order valence-electron chi connectivity index (χ2n) is 8.02. The van der Waals surface area contributed by atoms with E-state index in [4.69, 9.17) is 4.42 Å². The Bertz CT molecular complexity index is 1630. The molecule has 0 atom stereocenters. The maximum atomic E-state index is 12.8. The molecule has 1 aliphatic rings. The number of carbonyl (C=O) groups excluding carboxylic acids is 1. The number of amides is 1. The van der Waals surface area contributed by atoms with Crippen LogP contribution in [0.5, 0.6) is 0 Å². The predicted molar refractivity (Wildman–Crippen MR) is 124 cm³/mol. The van der Waals surface area contributed by atoms with Gasteiger partial charge in [-0.15, -0.1) is 0 Å². The second-order valence-corrected chi connectivity index (χ2v) is 9.96. The number of nitrogens with one attached hydrogen (secondary N) is 2. The first-order chi connectivity index (χ1) is 16.3. The van der Waals surface area contributed by atoms with E-state index < -0.39 is 15.8 Å². The van der Waals surface area contributed by atoms with Gasteiger partial charge in [-0.2, -0.15) is 4.31 Å². The Labute approximate surface area is 193 Å². The Morgan fingerprint density at radius 3 is 2.71 bits per heavy atom. The monoisotopic (exact) mass is 483 g/mol. The first kappa shape index (κ1) is 22.0. The number of aromatic amines is 1. The Kier molecular flexibility index (Phi) is 5.54. The van der Waals surface area contributed by atoms with Crippen molar-refractivity contribution in [2.24, 2.45) is 0 Å². The summed E-state index contributed by atoms with van der Waals surface area (Å²) in [6.45, 7) is 0.983. The van der Waals surface area contributed by atoms with Crippen LogP contribution in [0.2, 0.25) is 0 Å². The number of carbonyl (C=O) groups is 1. The van der Waals surface area contributed by atoms with Crippen LogP contribution in [-0.4, -0.2) is 46.3 Å². The number of benzene rings is 2. The summed E-state index contributed by atoms with van der Waals surface area (Å²) in [5, 5.41) is 3.05. The summed E-state index contributed by atoms with van der Waals surface area (Å²) in [5.74, 6) is -1.05. The number of nitrogens with zero attached hydrogens (tertiary/aromatic N) is 3. The van der Waals surface area contributed by atoms with Gasteiger partial charge in [0, 0.05) is 37.8 Å². The highest BCUT2D eigenvalue weighted by atomic mass is 32.2. The van der Waals surface area contributed by atoms with Crippen molar-refractivity contribution in [3.05, 3.63) is 63.6 Å². The molecule has 4 aromatic rings. The Morgan fingerprint density at radius 2 is 1.91 bits per heavy atom. The standard InChI is InChI=1S/C22H21N5O6S/c28-20(25-14-3-5-17-16(11-14)21(29)24-13-23-17)7-10-27-18-6-4-15(12-19(18)33-22(27)30)34(31,32)26-8-1-2-9-26/h3-6,11-13H,1-2,7-10H2,(H,25,28)(H,23,24,29). The van der Waals surface area contributed by atoms with Gasteiger partial charge < -0.3 is 14.7 Å². The summed E-state index contributed by atoms with van der Waals surface area (Å²) in [6.07, 6.45) is 2.91. The van der Waals surface area contributed by atoms with Crippen molar-refractivity contribution >= 4 is 43.6 Å². The highest BCUT2D eigenvalue weighted by Gasteiger charge is 2.28. The fourth-order valence-electron chi connectivity index (χ4n) is 4.08. The highest BCUT2D eigenvalue weighted by molar-refractivity contribution is 7.89. The van der Waals surface area contributed by atoms with Gasteiger partial charge in [0.2, 0.25) is 15.9 Å². The Hall–Kier alpha value is -3.77. The molecule has 12 heteroatoms. The van der Waals surface area contributed by atoms with Crippen LogP contribution in [-0.2, 0) is 21.4 Å². The molecule has 0 radical (unpaired) electrons. The quantitative estimate of drug-likeness (QED) is 0.424. The average Bonchev–Trinajstić information content (AvgIpc) is 3.46. The van der Waals surface area contributed by atoms with Crippen LogP contribution in [0.4, 0.5) is 5.69 Å². The minimum Gasteiger partial charge on any atom is -0.408 e. The summed E-state index contributed by atoms with van der Waals surface area (Å²) in [5.41, 5.74) is 1.17. The SMILES string of the molecule is O=C(CCn1c(=O)oc2cc(S(=O)(=O)N3CCCC3)ccc21)Nc1ccc2nc[nH]c(=O)c2c1. The van der Waals surface area contributed by atoms with Gasteiger partial charge in [0.15, 0.2) is 5.58 Å². The lowest BCUT2D eigenvalue weighted by atomic mass is 10.2. The molecule has 5 rings (SSSR count). The topological polar surface area (TPSA) is 147 Å². The highest BCUT2D eigenvalue weighted by Crippen LogP contribution is 2.24. The first-order valence-corrected chi connectivity index (χ1v) is 12.2. The zero-order valence-corrected chi connectivity index (χ0v) is 18.8. The molecule has 2 aromatic carbocycles. The number of hydrogen-bond donors (Lipinski definition) is 2. The van der Waals surface area contributed by atoms with Gasteiger partial charge in [0.25, 0.3) is 5.56 Å². The number of aryl methyl sites for hydroxylation is 1. The molecule has 2 N–H and O–H groups in total.